The van der Waals surface area contributed by atoms with E-state index in [1.54, 1.807) is 35.1 Å². The van der Waals surface area contributed by atoms with Crippen molar-refractivity contribution in [2.24, 2.45) is 4.99 Å². The molecule has 0 aliphatic carbocycles. The summed E-state index contributed by atoms with van der Waals surface area (Å²) in [6.45, 7) is 14.2. The van der Waals surface area contributed by atoms with Crippen LogP contribution in [0.3, 0.4) is 0 Å². The summed E-state index contributed by atoms with van der Waals surface area (Å²) in [5.41, 5.74) is -0.398. The van der Waals surface area contributed by atoms with Crippen LogP contribution in [0, 0.1) is 5.82 Å². The van der Waals surface area contributed by atoms with E-state index in [0.29, 0.717) is 38.6 Å². The van der Waals surface area contributed by atoms with Gasteiger partial charge in [0, 0.05) is 64.0 Å². The Morgan fingerprint density at radius 2 is 1.93 bits per heavy atom. The summed E-state index contributed by atoms with van der Waals surface area (Å²) in [6.07, 6.45) is -0.435. The summed E-state index contributed by atoms with van der Waals surface area (Å²) < 4.78 is 32.6. The number of fused-ring (bicyclic) bond motifs is 1. The number of amides is 2. The average molecular weight is 620 g/mol. The number of hydrogen-bond acceptors (Lipinski definition) is 8. The third kappa shape index (κ3) is 6.21. The van der Waals surface area contributed by atoms with Gasteiger partial charge in [-0.2, -0.15) is 0 Å². The standard InChI is InChI=1S/C31H43ClFN5O5/c1-29(2,3)43-28(40)35-12-14-38-21(17-35)18-42-25-24(27(38)39)26(34-19-31(25,32)22-9-7-8-10-23(22)33)36-11-13-37(15-16-41-6)30(4,5)20-36/h7-10,21H,11-20H2,1-6H3. The molecule has 2 fully saturated rings. The Morgan fingerprint density at radius 3 is 2.60 bits per heavy atom. The summed E-state index contributed by atoms with van der Waals surface area (Å²) in [7, 11) is 1.69. The molecule has 1 aromatic rings. The topological polar surface area (TPSA) is 87.2 Å². The first kappa shape index (κ1) is 31.5. The molecular weight excluding hydrogens is 577 g/mol. The molecule has 236 valence electrons. The molecule has 2 saturated heterocycles. The zero-order valence-electron chi connectivity index (χ0n) is 26.0. The van der Waals surface area contributed by atoms with Gasteiger partial charge in [0.15, 0.2) is 0 Å². The number of hydrogen-bond donors (Lipinski definition) is 0. The van der Waals surface area contributed by atoms with Gasteiger partial charge >= 0.3 is 6.09 Å². The molecule has 4 aliphatic rings. The third-order valence-electron chi connectivity index (χ3n) is 8.53. The number of carbonyl (C=O) groups is 2. The fraction of sp³-hybridized carbons (Fsp3) is 0.645. The summed E-state index contributed by atoms with van der Waals surface area (Å²) in [5.74, 6) is -0.0415. The van der Waals surface area contributed by atoms with Crippen LogP contribution in [0.2, 0.25) is 0 Å². The van der Waals surface area contributed by atoms with Gasteiger partial charge in [-0.25, -0.2) is 9.18 Å². The first-order chi connectivity index (χ1) is 20.2. The van der Waals surface area contributed by atoms with Gasteiger partial charge in [-0.15, -0.1) is 11.6 Å². The van der Waals surface area contributed by atoms with E-state index in [0.717, 1.165) is 13.1 Å². The quantitative estimate of drug-likeness (QED) is 0.477. The van der Waals surface area contributed by atoms with Crippen LogP contribution in [-0.4, -0.2) is 127 Å². The highest BCUT2D eigenvalue weighted by Crippen LogP contribution is 2.45. The normalized spacial score (nSPS) is 26.3. The van der Waals surface area contributed by atoms with E-state index >= 15 is 4.39 Å². The maximum Gasteiger partial charge on any atom is 0.410 e. The lowest BCUT2D eigenvalue weighted by molar-refractivity contribution is -0.131. The molecule has 0 saturated carbocycles. The Bertz CT molecular complexity index is 1310. The number of aliphatic imine (C=N–C) groups is 1. The minimum Gasteiger partial charge on any atom is -0.492 e. The van der Waals surface area contributed by atoms with E-state index in [1.807, 2.05) is 20.8 Å². The van der Waals surface area contributed by atoms with Crippen molar-refractivity contribution in [3.63, 3.8) is 0 Å². The molecular formula is C31H43ClFN5O5. The number of benzene rings is 1. The molecule has 4 aliphatic heterocycles. The van der Waals surface area contributed by atoms with Crippen molar-refractivity contribution < 1.29 is 28.2 Å². The van der Waals surface area contributed by atoms with Gasteiger partial charge < -0.3 is 28.9 Å². The SMILES string of the molecule is COCCN1CCN(C2=NCC(Cl)(c3ccccc3F)C3=C2C(=O)N2CCN(C(=O)OC(C)(C)C)CC2CO3)CC1(C)C. The molecule has 2 atom stereocenters. The molecule has 12 heteroatoms. The minimum absolute atomic E-state index is 0.00987. The van der Waals surface area contributed by atoms with E-state index in [4.69, 9.17) is 30.8 Å². The maximum atomic E-state index is 15.3. The third-order valence-corrected chi connectivity index (χ3v) is 9.02. The number of amidine groups is 1. The van der Waals surface area contributed by atoms with Crippen LogP contribution in [0.25, 0.3) is 0 Å². The Kier molecular flexibility index (Phi) is 8.72. The first-order valence-electron chi connectivity index (χ1n) is 14.9. The lowest BCUT2D eigenvalue weighted by Gasteiger charge is -2.49. The van der Waals surface area contributed by atoms with E-state index in [-0.39, 0.29) is 48.0 Å². The van der Waals surface area contributed by atoms with Crippen molar-refractivity contribution in [1.29, 1.82) is 0 Å². The van der Waals surface area contributed by atoms with Crippen LogP contribution in [0.15, 0.2) is 40.6 Å². The molecule has 4 heterocycles. The molecule has 0 N–H and O–H groups in total. The molecule has 0 aromatic heterocycles. The second-order valence-corrected chi connectivity index (χ2v) is 13.9. The van der Waals surface area contributed by atoms with Gasteiger partial charge in [-0.05, 0) is 40.7 Å². The van der Waals surface area contributed by atoms with E-state index in [2.05, 4.69) is 23.6 Å². The van der Waals surface area contributed by atoms with E-state index in [9.17, 15) is 9.59 Å². The summed E-state index contributed by atoms with van der Waals surface area (Å²) in [6, 6.07) is 5.83. The van der Waals surface area contributed by atoms with Gasteiger partial charge in [0.1, 0.15) is 40.1 Å². The molecule has 0 radical (unpaired) electrons. The van der Waals surface area contributed by atoms with Crippen LogP contribution in [0.4, 0.5) is 9.18 Å². The molecule has 2 unspecified atom stereocenters. The Hall–Kier alpha value is -2.89. The molecule has 5 rings (SSSR count). The fourth-order valence-corrected chi connectivity index (χ4v) is 6.69. The number of ether oxygens (including phenoxy) is 3. The lowest BCUT2D eigenvalue weighted by Crippen LogP contribution is -2.62. The van der Waals surface area contributed by atoms with Crippen molar-refractivity contribution in [2.75, 3.05) is 72.7 Å². The second-order valence-electron chi connectivity index (χ2n) is 13.2. The van der Waals surface area contributed by atoms with Gasteiger partial charge in [0.2, 0.25) is 0 Å². The maximum absolute atomic E-state index is 15.3. The van der Waals surface area contributed by atoms with Crippen LogP contribution in [0.5, 0.6) is 0 Å². The van der Waals surface area contributed by atoms with Gasteiger partial charge in [0.25, 0.3) is 5.91 Å². The van der Waals surface area contributed by atoms with Crippen molar-refractivity contribution in [1.82, 2.24) is 19.6 Å². The monoisotopic (exact) mass is 619 g/mol. The Labute approximate surface area is 258 Å². The van der Waals surface area contributed by atoms with Crippen LogP contribution in [0.1, 0.15) is 40.2 Å². The fourth-order valence-electron chi connectivity index (χ4n) is 6.33. The Morgan fingerprint density at radius 1 is 1.19 bits per heavy atom. The first-order valence-corrected chi connectivity index (χ1v) is 15.3. The van der Waals surface area contributed by atoms with Gasteiger partial charge in [-0.1, -0.05) is 18.2 Å². The molecule has 0 bridgehead atoms. The molecule has 1 aromatic carbocycles. The predicted octanol–water partition coefficient (Wildman–Crippen LogP) is 3.45. The summed E-state index contributed by atoms with van der Waals surface area (Å²) in [4.78, 5) is 38.6. The number of alkyl halides is 1. The molecule has 43 heavy (non-hydrogen) atoms. The molecule has 2 amide bonds. The number of nitrogens with zero attached hydrogens (tertiary/aromatic N) is 5. The molecule has 0 spiro atoms. The van der Waals surface area contributed by atoms with Crippen molar-refractivity contribution >= 4 is 29.4 Å². The van der Waals surface area contributed by atoms with Crippen molar-refractivity contribution in [3.05, 3.63) is 47.0 Å². The lowest BCUT2D eigenvalue weighted by atomic mass is 9.88. The number of piperazine rings is 2. The summed E-state index contributed by atoms with van der Waals surface area (Å²) in [5, 5.41) is 0. The second kappa shape index (κ2) is 11.9. The number of carbonyl (C=O) groups excluding carboxylic acids is 2. The Balaban J connectivity index is 1.49. The number of dihydropyridines is 1. The highest BCUT2D eigenvalue weighted by atomic mass is 35.5. The smallest absolute Gasteiger partial charge is 0.410 e. The van der Waals surface area contributed by atoms with Gasteiger partial charge in [0.05, 0.1) is 19.2 Å². The van der Waals surface area contributed by atoms with E-state index in [1.165, 1.54) is 6.07 Å². The average Bonchev–Trinajstić information content (AvgIpc) is 3.08. The summed E-state index contributed by atoms with van der Waals surface area (Å²) >= 11 is 7.28. The zero-order valence-corrected chi connectivity index (χ0v) is 26.7. The van der Waals surface area contributed by atoms with Crippen molar-refractivity contribution in [3.8, 4) is 0 Å². The minimum atomic E-state index is -1.50. The van der Waals surface area contributed by atoms with Crippen LogP contribution in [-0.2, 0) is 23.9 Å². The van der Waals surface area contributed by atoms with Crippen LogP contribution >= 0.6 is 11.6 Å². The number of halogens is 2. The zero-order chi connectivity index (χ0) is 31.2. The number of rotatable bonds is 4. The predicted molar refractivity (Wildman–Crippen MR) is 162 cm³/mol. The highest BCUT2D eigenvalue weighted by Gasteiger charge is 2.51. The van der Waals surface area contributed by atoms with Gasteiger partial charge in [-0.3, -0.25) is 14.7 Å². The van der Waals surface area contributed by atoms with Crippen LogP contribution < -0.4 is 0 Å². The largest absolute Gasteiger partial charge is 0.492 e. The highest BCUT2D eigenvalue weighted by molar-refractivity contribution is 6.30. The van der Waals surface area contributed by atoms with Crippen molar-refractivity contribution in [2.45, 2.75) is 56.7 Å². The number of methoxy groups -OCH3 is 1. The molecule has 10 nitrogen and oxygen atoms in total. The van der Waals surface area contributed by atoms with E-state index < -0.39 is 28.4 Å².